The van der Waals surface area contributed by atoms with E-state index in [9.17, 15) is 19.3 Å². The molecule has 1 aromatic carbocycles. The van der Waals surface area contributed by atoms with E-state index in [1.807, 2.05) is 0 Å². The van der Waals surface area contributed by atoms with Crippen molar-refractivity contribution in [3.8, 4) is 6.07 Å². The quantitative estimate of drug-likeness (QED) is 0.454. The smallest absolute Gasteiger partial charge is 0.342 e. The van der Waals surface area contributed by atoms with Gasteiger partial charge in [0.05, 0.1) is 11.5 Å². The Morgan fingerprint density at radius 2 is 2.29 bits per heavy atom. The van der Waals surface area contributed by atoms with Gasteiger partial charge in [-0.1, -0.05) is 0 Å². The monoisotopic (exact) mass is 238 g/mol. The molecule has 0 heterocycles. The van der Waals surface area contributed by atoms with Gasteiger partial charge in [-0.05, 0) is 13.0 Å². The molecule has 0 bridgehead atoms. The minimum Gasteiger partial charge on any atom is -0.462 e. The molecule has 0 aromatic heterocycles. The number of halogens is 1. The van der Waals surface area contributed by atoms with Crippen molar-refractivity contribution in [2.75, 3.05) is 6.61 Å². The van der Waals surface area contributed by atoms with Crippen molar-refractivity contribution in [1.82, 2.24) is 0 Å². The van der Waals surface area contributed by atoms with E-state index in [4.69, 9.17) is 5.26 Å². The zero-order valence-corrected chi connectivity index (χ0v) is 8.77. The van der Waals surface area contributed by atoms with E-state index in [0.29, 0.717) is 0 Å². The van der Waals surface area contributed by atoms with Crippen LogP contribution in [0.3, 0.4) is 0 Å². The molecule has 0 spiro atoms. The molecule has 0 aliphatic rings. The second kappa shape index (κ2) is 5.03. The first-order chi connectivity index (χ1) is 8.02. The third-order valence-corrected chi connectivity index (χ3v) is 1.92. The molecule has 6 nitrogen and oxygen atoms in total. The van der Waals surface area contributed by atoms with Crippen LogP contribution in [0.5, 0.6) is 0 Å². The molecule has 0 unspecified atom stereocenters. The van der Waals surface area contributed by atoms with Gasteiger partial charge in [-0.25, -0.2) is 9.18 Å². The molecule has 0 N–H and O–H groups in total. The molecule has 7 heteroatoms. The fourth-order valence-electron chi connectivity index (χ4n) is 1.23. The van der Waals surface area contributed by atoms with Gasteiger partial charge in [0.2, 0.25) is 0 Å². The Morgan fingerprint density at radius 1 is 1.65 bits per heavy atom. The Labute approximate surface area is 95.4 Å². The third kappa shape index (κ3) is 2.36. The molecule has 0 aliphatic carbocycles. The maximum Gasteiger partial charge on any atom is 0.342 e. The summed E-state index contributed by atoms with van der Waals surface area (Å²) in [5.41, 5.74) is -1.96. The number of hydrogen-bond donors (Lipinski definition) is 0. The van der Waals surface area contributed by atoms with E-state index in [-0.39, 0.29) is 6.61 Å². The van der Waals surface area contributed by atoms with Gasteiger partial charge in [0.1, 0.15) is 23.0 Å². The zero-order chi connectivity index (χ0) is 13.0. The number of nitriles is 1. The molecule has 0 atom stereocenters. The summed E-state index contributed by atoms with van der Waals surface area (Å²) in [5.74, 6) is -2.11. The van der Waals surface area contributed by atoms with Crippen molar-refractivity contribution in [3.05, 3.63) is 39.2 Å². The van der Waals surface area contributed by atoms with E-state index in [0.717, 1.165) is 12.1 Å². The van der Waals surface area contributed by atoms with Crippen molar-refractivity contribution < 1.29 is 18.8 Å². The third-order valence-electron chi connectivity index (χ3n) is 1.92. The van der Waals surface area contributed by atoms with Gasteiger partial charge in [-0.15, -0.1) is 0 Å². The Bertz CT molecular complexity index is 522. The Morgan fingerprint density at radius 3 is 2.76 bits per heavy atom. The van der Waals surface area contributed by atoms with Crippen molar-refractivity contribution in [3.63, 3.8) is 0 Å². The molecule has 0 radical (unpaired) electrons. The molecule has 0 fully saturated rings. The summed E-state index contributed by atoms with van der Waals surface area (Å²) in [6.07, 6.45) is 0. The summed E-state index contributed by atoms with van der Waals surface area (Å²) < 4.78 is 17.9. The SMILES string of the molecule is CCOC(=O)c1c(F)ccc([N+](=O)[O-])c1C#N. The number of hydrogen-bond acceptors (Lipinski definition) is 5. The molecule has 1 aromatic rings. The summed E-state index contributed by atoms with van der Waals surface area (Å²) in [6, 6.07) is 3.03. The summed E-state index contributed by atoms with van der Waals surface area (Å²) in [5, 5.41) is 19.4. The number of ether oxygens (including phenoxy) is 1. The predicted octanol–water partition coefficient (Wildman–Crippen LogP) is 1.78. The number of nitro benzene ring substituents is 1. The van der Waals surface area contributed by atoms with Crippen LogP contribution in [0.2, 0.25) is 0 Å². The average molecular weight is 238 g/mol. The molecule has 0 amide bonds. The molecule has 1 rings (SSSR count). The maximum absolute atomic E-state index is 13.4. The fourth-order valence-corrected chi connectivity index (χ4v) is 1.23. The maximum atomic E-state index is 13.4. The lowest BCUT2D eigenvalue weighted by Crippen LogP contribution is -2.11. The van der Waals surface area contributed by atoms with Gasteiger partial charge in [-0.3, -0.25) is 10.1 Å². The van der Waals surface area contributed by atoms with Crippen molar-refractivity contribution in [2.45, 2.75) is 6.92 Å². The van der Waals surface area contributed by atoms with Crippen LogP contribution in [0.25, 0.3) is 0 Å². The van der Waals surface area contributed by atoms with E-state index >= 15 is 0 Å². The summed E-state index contributed by atoms with van der Waals surface area (Å²) >= 11 is 0. The van der Waals surface area contributed by atoms with Crippen LogP contribution in [-0.2, 0) is 4.74 Å². The summed E-state index contributed by atoms with van der Waals surface area (Å²) in [4.78, 5) is 21.1. The summed E-state index contributed by atoms with van der Waals surface area (Å²) in [6.45, 7) is 1.48. The largest absolute Gasteiger partial charge is 0.462 e. The van der Waals surface area contributed by atoms with Gasteiger partial charge in [0, 0.05) is 6.07 Å². The molecule has 0 saturated heterocycles. The van der Waals surface area contributed by atoms with Gasteiger partial charge >= 0.3 is 5.97 Å². The minimum atomic E-state index is -1.09. The number of carbonyl (C=O) groups excluding carboxylic acids is 1. The lowest BCUT2D eigenvalue weighted by atomic mass is 10.1. The Kier molecular flexibility index (Phi) is 3.72. The van der Waals surface area contributed by atoms with Crippen LogP contribution >= 0.6 is 0 Å². The second-order valence-electron chi connectivity index (χ2n) is 2.91. The number of carbonyl (C=O) groups is 1. The van der Waals surface area contributed by atoms with Gasteiger partial charge in [0.15, 0.2) is 0 Å². The van der Waals surface area contributed by atoms with Gasteiger partial charge in [0.25, 0.3) is 5.69 Å². The van der Waals surface area contributed by atoms with Crippen LogP contribution in [-0.4, -0.2) is 17.5 Å². The van der Waals surface area contributed by atoms with Crippen molar-refractivity contribution >= 4 is 11.7 Å². The Hall–Kier alpha value is -2.49. The zero-order valence-electron chi connectivity index (χ0n) is 8.77. The Balaban J connectivity index is 3.47. The van der Waals surface area contributed by atoms with E-state index in [1.54, 1.807) is 0 Å². The van der Waals surface area contributed by atoms with Crippen LogP contribution in [0.15, 0.2) is 12.1 Å². The second-order valence-corrected chi connectivity index (χ2v) is 2.91. The first-order valence-electron chi connectivity index (χ1n) is 4.57. The highest BCUT2D eigenvalue weighted by molar-refractivity contribution is 5.94. The lowest BCUT2D eigenvalue weighted by Gasteiger charge is -2.05. The van der Waals surface area contributed by atoms with E-state index < -0.39 is 33.5 Å². The molecule has 88 valence electrons. The molecular formula is C10H7FN2O4. The number of rotatable bonds is 3. The average Bonchev–Trinajstić information content (AvgIpc) is 2.28. The number of nitrogens with zero attached hydrogens (tertiary/aromatic N) is 2. The molecule has 0 saturated carbocycles. The standard InChI is InChI=1S/C10H7FN2O4/c1-2-17-10(14)9-6(5-12)8(13(15)16)4-3-7(9)11/h3-4H,2H2,1H3. The molecule has 17 heavy (non-hydrogen) atoms. The van der Waals surface area contributed by atoms with Crippen LogP contribution < -0.4 is 0 Å². The summed E-state index contributed by atoms with van der Waals surface area (Å²) in [7, 11) is 0. The van der Waals surface area contributed by atoms with Gasteiger partial charge < -0.3 is 4.74 Å². The van der Waals surface area contributed by atoms with E-state index in [1.165, 1.54) is 13.0 Å². The fraction of sp³-hybridized carbons (Fsp3) is 0.200. The highest BCUT2D eigenvalue weighted by Gasteiger charge is 2.26. The van der Waals surface area contributed by atoms with Crippen LogP contribution in [0, 0.1) is 27.3 Å². The molecular weight excluding hydrogens is 231 g/mol. The highest BCUT2D eigenvalue weighted by atomic mass is 19.1. The van der Waals surface area contributed by atoms with Crippen LogP contribution in [0.1, 0.15) is 22.8 Å². The first-order valence-corrected chi connectivity index (χ1v) is 4.57. The number of esters is 1. The van der Waals surface area contributed by atoms with Crippen LogP contribution in [0.4, 0.5) is 10.1 Å². The van der Waals surface area contributed by atoms with Gasteiger partial charge in [-0.2, -0.15) is 5.26 Å². The number of benzene rings is 1. The molecule has 0 aliphatic heterocycles. The highest BCUT2D eigenvalue weighted by Crippen LogP contribution is 2.24. The number of nitro groups is 1. The van der Waals surface area contributed by atoms with Crippen molar-refractivity contribution in [1.29, 1.82) is 5.26 Å². The predicted molar refractivity (Wildman–Crippen MR) is 53.7 cm³/mol. The lowest BCUT2D eigenvalue weighted by molar-refractivity contribution is -0.385. The first kappa shape index (κ1) is 12.6. The normalized spacial score (nSPS) is 9.47. The minimum absolute atomic E-state index is 0.0220. The topological polar surface area (TPSA) is 93.2 Å². The van der Waals surface area contributed by atoms with E-state index in [2.05, 4.69) is 4.74 Å². The van der Waals surface area contributed by atoms with Crippen molar-refractivity contribution in [2.24, 2.45) is 0 Å².